The van der Waals surface area contributed by atoms with Crippen LogP contribution in [0.15, 0.2) is 27.8 Å². The molecule has 1 rings (SSSR count). The molecule has 68 valence electrons. The fourth-order valence-corrected chi connectivity index (χ4v) is 1.38. The molecule has 0 radical (unpaired) electrons. The van der Waals surface area contributed by atoms with E-state index in [2.05, 4.69) is 26.0 Å². The molecule has 5 heteroatoms. The van der Waals surface area contributed by atoms with Crippen molar-refractivity contribution in [1.82, 2.24) is 0 Å². The Morgan fingerprint density at radius 3 is 3.00 bits per heavy atom. The average molecular weight is 242 g/mol. The highest BCUT2D eigenvalue weighted by Gasteiger charge is 2.02. The Labute approximate surface area is 84.0 Å². The number of rotatable bonds is 3. The lowest BCUT2D eigenvalue weighted by Gasteiger charge is -2.03. The molecule has 0 saturated heterocycles. The molecule has 13 heavy (non-hydrogen) atoms. The fraction of sp³-hybridized carbons (Fsp3) is 0.250. The molecule has 4 nitrogen and oxygen atoms in total. The second-order valence-corrected chi connectivity index (χ2v) is 3.31. The van der Waals surface area contributed by atoms with Gasteiger partial charge in [-0.25, -0.2) is 0 Å². The summed E-state index contributed by atoms with van der Waals surface area (Å²) in [5.41, 5.74) is 8.83. The summed E-state index contributed by atoms with van der Waals surface area (Å²) in [4.78, 5) is 2.63. The zero-order chi connectivity index (χ0) is 9.68. The molecule has 0 unspecified atom stereocenters. The third kappa shape index (κ3) is 2.65. The van der Waals surface area contributed by atoms with E-state index >= 15 is 0 Å². The van der Waals surface area contributed by atoms with Gasteiger partial charge in [-0.1, -0.05) is 17.2 Å². The lowest BCUT2D eigenvalue weighted by molar-refractivity contribution is 0.465. The molecule has 1 N–H and O–H groups in total. The van der Waals surface area contributed by atoms with Crippen molar-refractivity contribution in [2.75, 3.05) is 6.54 Å². The maximum Gasteiger partial charge on any atom is 0.132 e. The van der Waals surface area contributed by atoms with Crippen LogP contribution in [0.5, 0.6) is 5.75 Å². The van der Waals surface area contributed by atoms with E-state index in [1.807, 2.05) is 6.07 Å². The summed E-state index contributed by atoms with van der Waals surface area (Å²) in [6.07, 6.45) is 0.551. The van der Waals surface area contributed by atoms with Gasteiger partial charge in [0, 0.05) is 11.5 Å². The molecule has 0 fully saturated rings. The number of para-hydroxylation sites is 1. The van der Waals surface area contributed by atoms with Crippen molar-refractivity contribution in [1.29, 1.82) is 0 Å². The van der Waals surface area contributed by atoms with Crippen LogP contribution in [-0.4, -0.2) is 11.7 Å². The van der Waals surface area contributed by atoms with Crippen LogP contribution in [0, 0.1) is 0 Å². The van der Waals surface area contributed by atoms with E-state index in [1.54, 1.807) is 12.1 Å². The number of nitrogens with zero attached hydrogens (tertiary/aromatic N) is 3. The second kappa shape index (κ2) is 4.74. The summed E-state index contributed by atoms with van der Waals surface area (Å²) in [7, 11) is 0. The fourth-order valence-electron chi connectivity index (χ4n) is 0.977. The molecular formula is C8H8BrN3O. The van der Waals surface area contributed by atoms with E-state index in [9.17, 15) is 5.11 Å². The molecular weight excluding hydrogens is 234 g/mol. The zero-order valence-corrected chi connectivity index (χ0v) is 8.40. The highest BCUT2D eigenvalue weighted by atomic mass is 79.9. The Balaban J connectivity index is 2.76. The lowest BCUT2D eigenvalue weighted by Crippen LogP contribution is -1.89. The molecule has 0 amide bonds. The first-order valence-corrected chi connectivity index (χ1v) is 4.52. The molecule has 0 aliphatic carbocycles. The van der Waals surface area contributed by atoms with Crippen molar-refractivity contribution >= 4 is 15.9 Å². The quantitative estimate of drug-likeness (QED) is 0.494. The SMILES string of the molecule is [N-]=[N+]=NCCc1cccc(Br)c1O. The number of hydrogen-bond donors (Lipinski definition) is 1. The minimum Gasteiger partial charge on any atom is -0.506 e. The highest BCUT2D eigenvalue weighted by molar-refractivity contribution is 9.10. The summed E-state index contributed by atoms with van der Waals surface area (Å²) >= 11 is 3.20. The molecule has 0 spiro atoms. The van der Waals surface area contributed by atoms with Crippen molar-refractivity contribution in [3.05, 3.63) is 38.7 Å². The first-order chi connectivity index (χ1) is 6.25. The van der Waals surface area contributed by atoms with Crippen molar-refractivity contribution in [2.45, 2.75) is 6.42 Å². The molecule has 1 aromatic rings. The van der Waals surface area contributed by atoms with Gasteiger partial charge in [0.15, 0.2) is 0 Å². The van der Waals surface area contributed by atoms with Gasteiger partial charge in [-0.15, -0.1) is 0 Å². The van der Waals surface area contributed by atoms with Crippen molar-refractivity contribution < 1.29 is 5.11 Å². The van der Waals surface area contributed by atoms with E-state index < -0.39 is 0 Å². The monoisotopic (exact) mass is 241 g/mol. The minimum absolute atomic E-state index is 0.218. The predicted molar refractivity (Wildman–Crippen MR) is 53.5 cm³/mol. The first kappa shape index (κ1) is 9.89. The van der Waals surface area contributed by atoms with Gasteiger partial charge in [0.05, 0.1) is 4.47 Å². The van der Waals surface area contributed by atoms with Gasteiger partial charge in [0.2, 0.25) is 0 Å². The largest absolute Gasteiger partial charge is 0.506 e. The number of hydrogen-bond acceptors (Lipinski definition) is 2. The molecule has 0 aromatic heterocycles. The third-order valence-corrected chi connectivity index (χ3v) is 2.25. The van der Waals surface area contributed by atoms with E-state index in [4.69, 9.17) is 5.53 Å². The van der Waals surface area contributed by atoms with Crippen molar-refractivity contribution in [3.63, 3.8) is 0 Å². The maximum atomic E-state index is 9.52. The van der Waals surface area contributed by atoms with E-state index in [0.29, 0.717) is 17.4 Å². The Morgan fingerprint density at radius 2 is 2.31 bits per heavy atom. The lowest BCUT2D eigenvalue weighted by atomic mass is 10.1. The number of halogens is 1. The van der Waals surface area contributed by atoms with E-state index in [-0.39, 0.29) is 5.75 Å². The summed E-state index contributed by atoms with van der Waals surface area (Å²) < 4.78 is 0.658. The van der Waals surface area contributed by atoms with Crippen molar-refractivity contribution in [3.8, 4) is 5.75 Å². The Hall–Kier alpha value is -1.19. The maximum absolute atomic E-state index is 9.52. The van der Waals surface area contributed by atoms with Gasteiger partial charge in [-0.05, 0) is 39.5 Å². The van der Waals surface area contributed by atoms with Crippen molar-refractivity contribution in [2.24, 2.45) is 5.11 Å². The Kier molecular flexibility index (Phi) is 3.61. The molecule has 0 saturated carbocycles. The summed E-state index contributed by atoms with van der Waals surface area (Å²) in [5.74, 6) is 0.218. The Bertz CT molecular complexity index is 347. The van der Waals surface area contributed by atoms with Crippen LogP contribution in [0.3, 0.4) is 0 Å². The van der Waals surface area contributed by atoms with E-state index in [0.717, 1.165) is 5.56 Å². The Morgan fingerprint density at radius 1 is 1.54 bits per heavy atom. The van der Waals surface area contributed by atoms with Crippen LogP contribution in [0.4, 0.5) is 0 Å². The van der Waals surface area contributed by atoms with Gasteiger partial charge in [0.1, 0.15) is 5.75 Å². The van der Waals surface area contributed by atoms with Crippen LogP contribution in [0.1, 0.15) is 5.56 Å². The van der Waals surface area contributed by atoms with Gasteiger partial charge in [0.25, 0.3) is 0 Å². The minimum atomic E-state index is 0.218. The van der Waals surface area contributed by atoms with Gasteiger partial charge < -0.3 is 5.11 Å². The summed E-state index contributed by atoms with van der Waals surface area (Å²) in [6, 6.07) is 5.38. The molecule has 0 aliphatic heterocycles. The van der Waals surface area contributed by atoms with Gasteiger partial charge in [-0.3, -0.25) is 0 Å². The standard InChI is InChI=1S/C8H8BrN3O/c9-7-3-1-2-6(8(7)13)4-5-11-12-10/h1-3,13H,4-5H2. The smallest absolute Gasteiger partial charge is 0.132 e. The number of aromatic hydroxyl groups is 1. The van der Waals surface area contributed by atoms with Crippen LogP contribution < -0.4 is 0 Å². The molecule has 0 aliphatic rings. The summed E-state index contributed by atoms with van der Waals surface area (Å²) in [5, 5.41) is 12.9. The molecule has 0 bridgehead atoms. The zero-order valence-electron chi connectivity index (χ0n) is 6.81. The van der Waals surface area contributed by atoms with Gasteiger partial charge >= 0.3 is 0 Å². The van der Waals surface area contributed by atoms with Crippen LogP contribution >= 0.6 is 15.9 Å². The normalized spacial score (nSPS) is 9.31. The van der Waals surface area contributed by atoms with Crippen LogP contribution in [0.2, 0.25) is 0 Å². The number of benzene rings is 1. The third-order valence-electron chi connectivity index (χ3n) is 1.61. The topological polar surface area (TPSA) is 69.0 Å². The second-order valence-electron chi connectivity index (χ2n) is 2.45. The molecule has 0 heterocycles. The van der Waals surface area contributed by atoms with E-state index in [1.165, 1.54) is 0 Å². The van der Waals surface area contributed by atoms with Crippen LogP contribution in [-0.2, 0) is 6.42 Å². The molecule has 1 aromatic carbocycles. The average Bonchev–Trinajstić information content (AvgIpc) is 2.13. The van der Waals surface area contributed by atoms with Gasteiger partial charge in [-0.2, -0.15) is 0 Å². The number of azide groups is 1. The predicted octanol–water partition coefficient (Wildman–Crippen LogP) is 3.01. The molecule has 0 atom stereocenters. The van der Waals surface area contributed by atoms with Crippen LogP contribution in [0.25, 0.3) is 10.4 Å². The summed E-state index contributed by atoms with van der Waals surface area (Å²) in [6.45, 7) is 0.362. The number of phenols is 1. The highest BCUT2D eigenvalue weighted by Crippen LogP contribution is 2.27. The number of phenolic OH excluding ortho intramolecular Hbond substituents is 1. The first-order valence-electron chi connectivity index (χ1n) is 3.73.